The molecular weight excluding hydrogens is 390 g/mol. The molecule has 0 bridgehead atoms. The van der Waals surface area contributed by atoms with Crippen molar-refractivity contribution in [3.63, 3.8) is 0 Å². The lowest BCUT2D eigenvalue weighted by atomic mass is 9.76. The molecule has 0 saturated carbocycles. The fraction of sp³-hybridized carbons (Fsp3) is 0.333. The second kappa shape index (κ2) is 6.97. The molecule has 1 aliphatic heterocycles. The predicted molar refractivity (Wildman–Crippen MR) is 109 cm³/mol. The number of hydrogen-bond donors (Lipinski definition) is 2. The first-order valence-corrected chi connectivity index (χ1v) is 9.49. The van der Waals surface area contributed by atoms with Crippen LogP contribution in [0.4, 0.5) is 0 Å². The standard InChI is InChI=1S/C21H24BrN3O/c1-14(15-9-11-17(22)12-10-15)23-24-19(26)21(4)18-8-6-5-7-16(18)13-20(2,3)25-21/h5-12,25H,13H2,1-4H3,(H,24,26). The predicted octanol–water partition coefficient (Wildman–Crippen LogP) is 4.13. The first kappa shape index (κ1) is 18.8. The summed E-state index contributed by atoms with van der Waals surface area (Å²) >= 11 is 3.42. The van der Waals surface area contributed by atoms with Crippen LogP contribution in [0.2, 0.25) is 0 Å². The zero-order valence-corrected chi connectivity index (χ0v) is 17.1. The summed E-state index contributed by atoms with van der Waals surface area (Å²) in [5, 5.41) is 7.84. The van der Waals surface area contributed by atoms with Gasteiger partial charge in [0.2, 0.25) is 0 Å². The highest BCUT2D eigenvalue weighted by Gasteiger charge is 2.44. The normalized spacial score (nSPS) is 21.8. The highest BCUT2D eigenvalue weighted by molar-refractivity contribution is 9.10. The second-order valence-corrected chi connectivity index (χ2v) is 8.53. The van der Waals surface area contributed by atoms with Gasteiger partial charge in [-0.15, -0.1) is 0 Å². The topological polar surface area (TPSA) is 53.5 Å². The van der Waals surface area contributed by atoms with E-state index in [0.717, 1.165) is 27.7 Å². The molecule has 3 rings (SSSR count). The molecule has 0 fully saturated rings. The van der Waals surface area contributed by atoms with Crippen molar-refractivity contribution in [3.8, 4) is 0 Å². The molecule has 0 saturated heterocycles. The molecule has 136 valence electrons. The number of benzene rings is 2. The molecule has 0 aromatic heterocycles. The van der Waals surface area contributed by atoms with Gasteiger partial charge in [-0.3, -0.25) is 10.1 Å². The molecule has 1 amide bonds. The Hall–Kier alpha value is -1.98. The molecule has 2 aromatic rings. The summed E-state index contributed by atoms with van der Waals surface area (Å²) in [5.74, 6) is -0.158. The number of nitrogens with one attached hydrogen (secondary N) is 2. The lowest BCUT2D eigenvalue weighted by Crippen LogP contribution is -2.62. The van der Waals surface area contributed by atoms with Gasteiger partial charge in [0, 0.05) is 10.0 Å². The summed E-state index contributed by atoms with van der Waals surface area (Å²) in [6.07, 6.45) is 0.882. The van der Waals surface area contributed by atoms with Gasteiger partial charge < -0.3 is 0 Å². The molecule has 1 unspecified atom stereocenters. The largest absolute Gasteiger partial charge is 0.294 e. The number of fused-ring (bicyclic) bond motifs is 1. The first-order valence-electron chi connectivity index (χ1n) is 8.70. The molecule has 26 heavy (non-hydrogen) atoms. The van der Waals surface area contributed by atoms with Gasteiger partial charge in [-0.2, -0.15) is 5.10 Å². The maximum Gasteiger partial charge on any atom is 0.264 e. The number of hydrogen-bond acceptors (Lipinski definition) is 3. The van der Waals surface area contributed by atoms with Crippen molar-refractivity contribution in [2.75, 3.05) is 0 Å². The van der Waals surface area contributed by atoms with Gasteiger partial charge in [0.1, 0.15) is 5.54 Å². The van der Waals surface area contributed by atoms with Gasteiger partial charge in [0.25, 0.3) is 5.91 Å². The number of hydrazone groups is 1. The molecular formula is C21H24BrN3O. The smallest absolute Gasteiger partial charge is 0.264 e. The minimum atomic E-state index is -0.832. The lowest BCUT2D eigenvalue weighted by molar-refractivity contribution is -0.128. The Morgan fingerprint density at radius 1 is 1.12 bits per heavy atom. The molecule has 2 N–H and O–H groups in total. The van der Waals surface area contributed by atoms with Crippen LogP contribution in [0.5, 0.6) is 0 Å². The van der Waals surface area contributed by atoms with Gasteiger partial charge in [0.05, 0.1) is 5.71 Å². The zero-order chi connectivity index (χ0) is 18.9. The van der Waals surface area contributed by atoms with Crippen LogP contribution in [0, 0.1) is 0 Å². The van der Waals surface area contributed by atoms with Gasteiger partial charge in [-0.05, 0) is 62.9 Å². The summed E-state index contributed by atoms with van der Waals surface area (Å²) in [6.45, 7) is 8.04. The number of nitrogens with zero attached hydrogens (tertiary/aromatic N) is 1. The van der Waals surface area contributed by atoms with Crippen LogP contribution in [-0.4, -0.2) is 17.2 Å². The lowest BCUT2D eigenvalue weighted by Gasteiger charge is -2.44. The fourth-order valence-corrected chi connectivity index (χ4v) is 3.87. The molecule has 1 aliphatic rings. The van der Waals surface area contributed by atoms with E-state index in [1.165, 1.54) is 5.56 Å². The van der Waals surface area contributed by atoms with Crippen molar-refractivity contribution in [2.24, 2.45) is 5.10 Å². The number of carbonyl (C=O) groups excluding carboxylic acids is 1. The number of halogens is 1. The molecule has 5 heteroatoms. The van der Waals surface area contributed by atoms with Crippen molar-refractivity contribution >= 4 is 27.5 Å². The summed E-state index contributed by atoms with van der Waals surface area (Å²) in [5.41, 5.74) is 5.69. The molecule has 1 heterocycles. The second-order valence-electron chi connectivity index (χ2n) is 7.61. The Balaban J connectivity index is 1.87. The Morgan fingerprint density at radius 3 is 2.46 bits per heavy atom. The van der Waals surface area contributed by atoms with Crippen LogP contribution in [0.3, 0.4) is 0 Å². The minimum absolute atomic E-state index is 0.158. The molecule has 2 aromatic carbocycles. The maximum absolute atomic E-state index is 13.1. The third kappa shape index (κ3) is 3.74. The van der Waals surface area contributed by atoms with Crippen molar-refractivity contribution in [1.82, 2.24) is 10.7 Å². The highest BCUT2D eigenvalue weighted by Crippen LogP contribution is 2.34. The Labute approximate surface area is 163 Å². The molecule has 0 aliphatic carbocycles. The van der Waals surface area contributed by atoms with E-state index >= 15 is 0 Å². The number of rotatable bonds is 3. The molecule has 1 atom stereocenters. The van der Waals surface area contributed by atoms with Crippen LogP contribution < -0.4 is 10.7 Å². The molecule has 0 spiro atoms. The molecule has 0 radical (unpaired) electrons. The monoisotopic (exact) mass is 413 g/mol. The third-order valence-corrected chi connectivity index (χ3v) is 5.35. The van der Waals surface area contributed by atoms with E-state index in [9.17, 15) is 4.79 Å². The number of amides is 1. The minimum Gasteiger partial charge on any atom is -0.294 e. The van der Waals surface area contributed by atoms with Crippen molar-refractivity contribution < 1.29 is 4.79 Å². The van der Waals surface area contributed by atoms with Crippen molar-refractivity contribution in [2.45, 2.75) is 45.2 Å². The van der Waals surface area contributed by atoms with Gasteiger partial charge in [0.15, 0.2) is 0 Å². The fourth-order valence-electron chi connectivity index (χ4n) is 3.61. The van der Waals surface area contributed by atoms with E-state index in [2.05, 4.69) is 51.7 Å². The Morgan fingerprint density at radius 2 is 1.77 bits per heavy atom. The van der Waals surface area contributed by atoms with E-state index in [4.69, 9.17) is 0 Å². The Kier molecular flexibility index (Phi) is 5.04. The summed E-state index contributed by atoms with van der Waals surface area (Å²) in [6, 6.07) is 16.0. The van der Waals surface area contributed by atoms with Gasteiger partial charge in [-0.25, -0.2) is 5.43 Å². The number of carbonyl (C=O) groups is 1. The average Bonchev–Trinajstić information content (AvgIpc) is 2.59. The summed E-state index contributed by atoms with van der Waals surface area (Å²) in [4.78, 5) is 13.1. The van der Waals surface area contributed by atoms with Crippen molar-refractivity contribution in [1.29, 1.82) is 0 Å². The van der Waals surface area contributed by atoms with Crippen LogP contribution >= 0.6 is 15.9 Å². The van der Waals surface area contributed by atoms with E-state index in [-0.39, 0.29) is 11.4 Å². The van der Waals surface area contributed by atoms with Crippen molar-refractivity contribution in [3.05, 3.63) is 69.7 Å². The Bertz CT molecular complexity index is 858. The third-order valence-electron chi connectivity index (χ3n) is 4.82. The highest BCUT2D eigenvalue weighted by atomic mass is 79.9. The van der Waals surface area contributed by atoms with Gasteiger partial charge >= 0.3 is 0 Å². The molecule has 4 nitrogen and oxygen atoms in total. The summed E-state index contributed by atoms with van der Waals surface area (Å²) in [7, 11) is 0. The summed E-state index contributed by atoms with van der Waals surface area (Å²) < 4.78 is 1.01. The SMILES string of the molecule is CC(=NNC(=O)C1(C)NC(C)(C)Cc2ccccc21)c1ccc(Br)cc1. The van der Waals surface area contributed by atoms with Gasteiger partial charge in [-0.1, -0.05) is 52.3 Å². The van der Waals surface area contributed by atoms with Crippen LogP contribution in [-0.2, 0) is 16.8 Å². The van der Waals surface area contributed by atoms with E-state index in [0.29, 0.717) is 0 Å². The quantitative estimate of drug-likeness (QED) is 0.586. The van der Waals surface area contributed by atoms with Crippen LogP contribution in [0.25, 0.3) is 0 Å². The van der Waals surface area contributed by atoms with Crippen LogP contribution in [0.15, 0.2) is 58.1 Å². The first-order chi connectivity index (χ1) is 12.2. The van der Waals surface area contributed by atoms with E-state index in [1.54, 1.807) is 0 Å². The maximum atomic E-state index is 13.1. The van der Waals surface area contributed by atoms with E-state index in [1.807, 2.05) is 56.3 Å². The zero-order valence-electron chi connectivity index (χ0n) is 15.6. The average molecular weight is 414 g/mol. The van der Waals surface area contributed by atoms with Crippen LogP contribution in [0.1, 0.15) is 44.4 Å². The van der Waals surface area contributed by atoms with E-state index < -0.39 is 5.54 Å².